The summed E-state index contributed by atoms with van der Waals surface area (Å²) in [5, 5.41) is 0.623. The first-order valence-electron chi connectivity index (χ1n) is 9.87. The Labute approximate surface area is 168 Å². The van der Waals surface area contributed by atoms with Gasteiger partial charge in [0.2, 0.25) is 11.8 Å². The van der Waals surface area contributed by atoms with E-state index in [2.05, 4.69) is 9.88 Å². The van der Waals surface area contributed by atoms with Gasteiger partial charge in [0.05, 0.1) is 0 Å². The molecule has 28 heavy (non-hydrogen) atoms. The average molecular weight is 405 g/mol. The second-order valence-electron chi connectivity index (χ2n) is 7.82. The van der Waals surface area contributed by atoms with E-state index in [0.717, 1.165) is 31.4 Å². The van der Waals surface area contributed by atoms with Crippen LogP contribution in [0.5, 0.6) is 0 Å². The Hall–Kier alpha value is -2.28. The zero-order valence-electron chi connectivity index (χ0n) is 15.8. The van der Waals surface area contributed by atoms with Crippen LogP contribution in [0.15, 0.2) is 22.6 Å². The molecule has 1 aromatic heterocycles. The van der Waals surface area contributed by atoms with E-state index in [-0.39, 0.29) is 23.7 Å². The minimum Gasteiger partial charge on any atom is -0.423 e. The highest BCUT2D eigenvalue weighted by atomic mass is 35.5. The molecular formula is C20H25ClN4O3. The van der Waals surface area contributed by atoms with Crippen LogP contribution in [0, 0.1) is 11.8 Å². The first kappa shape index (κ1) is 19.1. The maximum absolute atomic E-state index is 12.7. The Morgan fingerprint density at radius 3 is 2.75 bits per heavy atom. The molecule has 0 spiro atoms. The predicted molar refractivity (Wildman–Crippen MR) is 107 cm³/mol. The fraction of sp³-hybridized carbons (Fsp3) is 0.550. The van der Waals surface area contributed by atoms with Crippen molar-refractivity contribution in [3.8, 4) is 0 Å². The Kier molecular flexibility index (Phi) is 5.44. The van der Waals surface area contributed by atoms with Crippen LogP contribution in [-0.2, 0) is 9.59 Å². The molecule has 0 aliphatic carbocycles. The minimum absolute atomic E-state index is 0.0955. The molecule has 2 aromatic rings. The Morgan fingerprint density at radius 1 is 1.21 bits per heavy atom. The first-order chi connectivity index (χ1) is 13.5. The molecule has 2 saturated heterocycles. The molecule has 0 saturated carbocycles. The number of carbonyl (C=O) groups excluding carboxylic acids is 2. The van der Waals surface area contributed by atoms with Gasteiger partial charge in [0.15, 0.2) is 5.58 Å². The monoisotopic (exact) mass is 404 g/mol. The van der Waals surface area contributed by atoms with Crippen molar-refractivity contribution in [2.75, 3.05) is 31.1 Å². The molecule has 2 N–H and O–H groups in total. The van der Waals surface area contributed by atoms with Gasteiger partial charge >= 0.3 is 0 Å². The number of carbonyl (C=O) groups is 2. The molecule has 2 aliphatic rings. The van der Waals surface area contributed by atoms with Crippen molar-refractivity contribution < 1.29 is 14.0 Å². The van der Waals surface area contributed by atoms with Gasteiger partial charge in [-0.3, -0.25) is 9.59 Å². The van der Waals surface area contributed by atoms with Crippen molar-refractivity contribution >= 4 is 40.5 Å². The number of nitrogens with zero attached hydrogens (tertiary/aromatic N) is 3. The number of oxazole rings is 1. The number of amides is 2. The number of fused-ring (bicyclic) bond motifs is 1. The molecule has 2 fully saturated rings. The van der Waals surface area contributed by atoms with Crippen molar-refractivity contribution in [2.45, 2.75) is 32.1 Å². The van der Waals surface area contributed by atoms with Crippen molar-refractivity contribution in [3.05, 3.63) is 23.2 Å². The highest BCUT2D eigenvalue weighted by Gasteiger charge is 2.29. The molecule has 7 nitrogen and oxygen atoms in total. The summed E-state index contributed by atoms with van der Waals surface area (Å²) >= 11 is 6.03. The number of anilines is 1. The first-order valence-corrected chi connectivity index (χ1v) is 10.3. The van der Waals surface area contributed by atoms with Crippen LogP contribution >= 0.6 is 11.6 Å². The molecule has 4 rings (SSSR count). The Bertz CT molecular complexity index is 875. The molecule has 1 unspecified atom stereocenters. The van der Waals surface area contributed by atoms with Crippen molar-refractivity contribution in [1.82, 2.24) is 9.88 Å². The topological polar surface area (TPSA) is 92.7 Å². The molecule has 0 radical (unpaired) electrons. The molecule has 1 aromatic carbocycles. The summed E-state index contributed by atoms with van der Waals surface area (Å²) in [5.41, 5.74) is 6.84. The number of hydrogen-bond donors (Lipinski definition) is 1. The van der Waals surface area contributed by atoms with Gasteiger partial charge in [0.25, 0.3) is 6.01 Å². The molecule has 0 bridgehead atoms. The quantitative estimate of drug-likeness (QED) is 0.845. The van der Waals surface area contributed by atoms with E-state index in [1.807, 2.05) is 11.0 Å². The van der Waals surface area contributed by atoms with Gasteiger partial charge < -0.3 is 20.0 Å². The van der Waals surface area contributed by atoms with E-state index < -0.39 is 0 Å². The molecule has 3 heterocycles. The lowest BCUT2D eigenvalue weighted by Gasteiger charge is -2.34. The number of benzene rings is 1. The zero-order chi connectivity index (χ0) is 19.7. The Balaban J connectivity index is 1.35. The van der Waals surface area contributed by atoms with Crippen LogP contribution in [0.1, 0.15) is 32.1 Å². The normalized spacial score (nSPS) is 21.2. The third-order valence-corrected chi connectivity index (χ3v) is 6.08. The largest absolute Gasteiger partial charge is 0.423 e. The third kappa shape index (κ3) is 4.09. The van der Waals surface area contributed by atoms with Crippen LogP contribution < -0.4 is 10.6 Å². The molecule has 1 atom stereocenters. The van der Waals surface area contributed by atoms with E-state index in [9.17, 15) is 9.59 Å². The maximum atomic E-state index is 12.7. The van der Waals surface area contributed by atoms with Gasteiger partial charge in [-0.15, -0.1) is 0 Å². The highest BCUT2D eigenvalue weighted by molar-refractivity contribution is 6.31. The zero-order valence-corrected chi connectivity index (χ0v) is 16.5. The summed E-state index contributed by atoms with van der Waals surface area (Å²) in [6.07, 6.45) is 3.88. The lowest BCUT2D eigenvalue weighted by molar-refractivity contribution is -0.135. The van der Waals surface area contributed by atoms with Gasteiger partial charge in [0, 0.05) is 49.6 Å². The van der Waals surface area contributed by atoms with Crippen LogP contribution in [0.25, 0.3) is 11.1 Å². The second-order valence-corrected chi connectivity index (χ2v) is 8.26. The molecule has 2 amide bonds. The summed E-state index contributed by atoms with van der Waals surface area (Å²) in [4.78, 5) is 32.6. The summed E-state index contributed by atoms with van der Waals surface area (Å²) in [7, 11) is 0. The third-order valence-electron chi connectivity index (χ3n) is 5.84. The molecule has 150 valence electrons. The number of hydrogen-bond acceptors (Lipinski definition) is 5. The van der Waals surface area contributed by atoms with Gasteiger partial charge in [-0.2, -0.15) is 4.98 Å². The molecule has 8 heteroatoms. The minimum atomic E-state index is -0.255. The number of rotatable bonds is 4. The number of nitrogens with two attached hydrogens (primary N) is 1. The van der Waals surface area contributed by atoms with Crippen molar-refractivity contribution in [1.29, 1.82) is 0 Å². The van der Waals surface area contributed by atoms with Crippen LogP contribution in [0.3, 0.4) is 0 Å². The van der Waals surface area contributed by atoms with Crippen LogP contribution in [0.2, 0.25) is 5.02 Å². The summed E-state index contributed by atoms with van der Waals surface area (Å²) in [6.45, 7) is 2.86. The van der Waals surface area contributed by atoms with E-state index in [0.29, 0.717) is 49.0 Å². The van der Waals surface area contributed by atoms with E-state index in [1.54, 1.807) is 12.1 Å². The van der Waals surface area contributed by atoms with E-state index in [1.165, 1.54) is 0 Å². The van der Waals surface area contributed by atoms with E-state index in [4.69, 9.17) is 21.8 Å². The van der Waals surface area contributed by atoms with Crippen LogP contribution in [-0.4, -0.2) is 47.9 Å². The lowest BCUT2D eigenvalue weighted by atomic mass is 9.92. The standard InChI is InChI=1S/C20H25ClN4O3/c21-15-3-4-16-17(11-15)28-20(23-16)25-7-1-2-13(12-25)10-18(26)24-8-5-14(6-9-24)19(22)27/h3-4,11,13-14H,1-2,5-10,12H2,(H2,22,27). The molecule has 2 aliphatic heterocycles. The number of aromatic nitrogens is 1. The number of likely N-dealkylation sites (tertiary alicyclic amines) is 1. The fourth-order valence-corrected chi connectivity index (χ4v) is 4.38. The van der Waals surface area contributed by atoms with Crippen LogP contribution in [0.4, 0.5) is 6.01 Å². The number of halogens is 1. The lowest BCUT2D eigenvalue weighted by Crippen LogP contribution is -2.43. The maximum Gasteiger partial charge on any atom is 0.298 e. The van der Waals surface area contributed by atoms with Crippen molar-refractivity contribution in [2.24, 2.45) is 17.6 Å². The number of primary amides is 1. The van der Waals surface area contributed by atoms with Gasteiger partial charge in [-0.1, -0.05) is 11.6 Å². The highest BCUT2D eigenvalue weighted by Crippen LogP contribution is 2.29. The van der Waals surface area contributed by atoms with Gasteiger partial charge in [0.1, 0.15) is 5.52 Å². The molecular weight excluding hydrogens is 380 g/mol. The Morgan fingerprint density at radius 2 is 2.00 bits per heavy atom. The van der Waals surface area contributed by atoms with Gasteiger partial charge in [-0.05, 0) is 43.7 Å². The second kappa shape index (κ2) is 7.99. The van der Waals surface area contributed by atoms with Crippen molar-refractivity contribution in [3.63, 3.8) is 0 Å². The SMILES string of the molecule is NC(=O)C1CCN(C(=O)CC2CCCN(c3nc4ccc(Cl)cc4o3)C2)CC1. The van der Waals surface area contributed by atoms with E-state index >= 15 is 0 Å². The summed E-state index contributed by atoms with van der Waals surface area (Å²) in [6, 6.07) is 6.02. The average Bonchev–Trinajstić information content (AvgIpc) is 3.11. The summed E-state index contributed by atoms with van der Waals surface area (Å²) in [5.74, 6) is 0.0874. The van der Waals surface area contributed by atoms with Gasteiger partial charge in [-0.25, -0.2) is 0 Å². The fourth-order valence-electron chi connectivity index (χ4n) is 4.22. The smallest absolute Gasteiger partial charge is 0.298 e. The predicted octanol–water partition coefficient (Wildman–Crippen LogP) is 2.81. The summed E-state index contributed by atoms with van der Waals surface area (Å²) < 4.78 is 5.88. The number of piperidine rings is 2.